The fourth-order valence-electron chi connectivity index (χ4n) is 0.996. The lowest BCUT2D eigenvalue weighted by Gasteiger charge is -2.02. The SMILES string of the molecule is NNC(=O)C(=O)NCCc1ccccn1. The molecule has 0 fully saturated rings. The van der Waals surface area contributed by atoms with E-state index in [9.17, 15) is 9.59 Å². The number of hydrazine groups is 1. The lowest BCUT2D eigenvalue weighted by Crippen LogP contribution is -2.43. The molecule has 1 aromatic heterocycles. The predicted molar refractivity (Wildman–Crippen MR) is 53.3 cm³/mol. The van der Waals surface area contributed by atoms with Crippen molar-refractivity contribution in [2.75, 3.05) is 6.54 Å². The van der Waals surface area contributed by atoms with Gasteiger partial charge in [-0.1, -0.05) is 6.07 Å². The molecule has 0 aliphatic carbocycles. The topological polar surface area (TPSA) is 97.1 Å². The van der Waals surface area contributed by atoms with E-state index < -0.39 is 11.8 Å². The molecule has 15 heavy (non-hydrogen) atoms. The predicted octanol–water partition coefficient (Wildman–Crippen LogP) is -1.27. The Kier molecular flexibility index (Phi) is 4.24. The molecule has 6 nitrogen and oxygen atoms in total. The lowest BCUT2D eigenvalue weighted by molar-refractivity contribution is -0.139. The van der Waals surface area contributed by atoms with Crippen LogP contribution in [0.1, 0.15) is 5.69 Å². The van der Waals surface area contributed by atoms with Crippen LogP contribution in [-0.4, -0.2) is 23.3 Å². The number of nitrogens with two attached hydrogens (primary N) is 1. The Morgan fingerprint density at radius 1 is 1.33 bits per heavy atom. The van der Waals surface area contributed by atoms with Crippen LogP contribution >= 0.6 is 0 Å². The van der Waals surface area contributed by atoms with Crippen LogP contribution < -0.4 is 16.6 Å². The second-order valence-electron chi connectivity index (χ2n) is 2.80. The summed E-state index contributed by atoms with van der Waals surface area (Å²) >= 11 is 0. The number of nitrogens with zero attached hydrogens (tertiary/aromatic N) is 1. The van der Waals surface area contributed by atoms with Gasteiger partial charge >= 0.3 is 11.8 Å². The number of hydrogen-bond acceptors (Lipinski definition) is 4. The van der Waals surface area contributed by atoms with E-state index in [1.165, 1.54) is 0 Å². The van der Waals surface area contributed by atoms with Crippen LogP contribution in [0, 0.1) is 0 Å². The molecule has 0 aliphatic heterocycles. The van der Waals surface area contributed by atoms with Crippen molar-refractivity contribution in [1.82, 2.24) is 15.7 Å². The van der Waals surface area contributed by atoms with Crippen molar-refractivity contribution in [2.24, 2.45) is 5.84 Å². The second-order valence-corrected chi connectivity index (χ2v) is 2.80. The molecule has 0 bridgehead atoms. The van der Waals surface area contributed by atoms with E-state index in [1.807, 2.05) is 18.2 Å². The van der Waals surface area contributed by atoms with Gasteiger partial charge in [0.1, 0.15) is 0 Å². The van der Waals surface area contributed by atoms with Gasteiger partial charge in [-0.15, -0.1) is 0 Å². The first-order valence-electron chi connectivity index (χ1n) is 4.42. The minimum Gasteiger partial charge on any atom is -0.347 e. The van der Waals surface area contributed by atoms with Gasteiger partial charge in [0.25, 0.3) is 0 Å². The van der Waals surface area contributed by atoms with E-state index in [2.05, 4.69) is 10.3 Å². The van der Waals surface area contributed by atoms with Gasteiger partial charge in [0.15, 0.2) is 0 Å². The molecule has 0 radical (unpaired) electrons. The molecule has 1 heterocycles. The highest BCUT2D eigenvalue weighted by Crippen LogP contribution is 1.92. The summed E-state index contributed by atoms with van der Waals surface area (Å²) in [4.78, 5) is 25.7. The lowest BCUT2D eigenvalue weighted by atomic mass is 10.3. The van der Waals surface area contributed by atoms with Gasteiger partial charge in [0.2, 0.25) is 0 Å². The number of amides is 2. The Hall–Kier alpha value is -1.95. The largest absolute Gasteiger partial charge is 0.347 e. The number of carbonyl (C=O) groups is 2. The monoisotopic (exact) mass is 208 g/mol. The minimum absolute atomic E-state index is 0.350. The van der Waals surface area contributed by atoms with Crippen molar-refractivity contribution in [3.8, 4) is 0 Å². The summed E-state index contributed by atoms with van der Waals surface area (Å²) in [6.07, 6.45) is 2.24. The average molecular weight is 208 g/mol. The molecule has 1 aromatic rings. The maximum Gasteiger partial charge on any atom is 0.323 e. The zero-order valence-electron chi connectivity index (χ0n) is 8.06. The molecule has 0 saturated heterocycles. The molecule has 0 aliphatic rings. The second kappa shape index (κ2) is 5.71. The smallest absolute Gasteiger partial charge is 0.323 e. The summed E-state index contributed by atoms with van der Waals surface area (Å²) < 4.78 is 0. The van der Waals surface area contributed by atoms with Crippen molar-refractivity contribution in [3.63, 3.8) is 0 Å². The number of hydrogen-bond donors (Lipinski definition) is 3. The van der Waals surface area contributed by atoms with Gasteiger partial charge in [-0.05, 0) is 12.1 Å². The molecule has 6 heteroatoms. The molecule has 0 aromatic carbocycles. The molecule has 4 N–H and O–H groups in total. The number of pyridine rings is 1. The van der Waals surface area contributed by atoms with Crippen molar-refractivity contribution in [3.05, 3.63) is 30.1 Å². The molecule has 0 unspecified atom stereocenters. The van der Waals surface area contributed by atoms with Gasteiger partial charge in [0, 0.05) is 24.9 Å². The summed E-state index contributed by atoms with van der Waals surface area (Å²) in [6.45, 7) is 0.350. The third-order valence-electron chi connectivity index (χ3n) is 1.73. The van der Waals surface area contributed by atoms with Gasteiger partial charge in [-0.2, -0.15) is 0 Å². The average Bonchev–Trinajstić information content (AvgIpc) is 2.29. The fraction of sp³-hybridized carbons (Fsp3) is 0.222. The maximum atomic E-state index is 10.9. The van der Waals surface area contributed by atoms with Crippen molar-refractivity contribution in [1.29, 1.82) is 0 Å². The molecule has 0 saturated carbocycles. The summed E-state index contributed by atoms with van der Waals surface area (Å²) in [5.41, 5.74) is 2.60. The third-order valence-corrected chi connectivity index (χ3v) is 1.73. The normalized spacial score (nSPS) is 9.40. The number of rotatable bonds is 3. The molecular formula is C9H12N4O2. The number of carbonyl (C=O) groups excluding carboxylic acids is 2. The van der Waals surface area contributed by atoms with E-state index in [4.69, 9.17) is 5.84 Å². The first-order chi connectivity index (χ1) is 7.24. The van der Waals surface area contributed by atoms with Crippen LogP contribution in [0.25, 0.3) is 0 Å². The van der Waals surface area contributed by atoms with E-state index in [-0.39, 0.29) is 0 Å². The zero-order valence-corrected chi connectivity index (χ0v) is 8.06. The van der Waals surface area contributed by atoms with Crippen molar-refractivity contribution >= 4 is 11.8 Å². The van der Waals surface area contributed by atoms with Gasteiger partial charge in [-0.25, -0.2) is 5.84 Å². The van der Waals surface area contributed by atoms with Crippen LogP contribution in [-0.2, 0) is 16.0 Å². The van der Waals surface area contributed by atoms with Crippen molar-refractivity contribution in [2.45, 2.75) is 6.42 Å². The van der Waals surface area contributed by atoms with E-state index in [1.54, 1.807) is 11.6 Å². The minimum atomic E-state index is -0.851. The first kappa shape index (κ1) is 11.1. The van der Waals surface area contributed by atoms with Crippen molar-refractivity contribution < 1.29 is 9.59 Å². The van der Waals surface area contributed by atoms with Crippen LogP contribution in [0.4, 0.5) is 0 Å². The highest BCUT2D eigenvalue weighted by Gasteiger charge is 2.09. The highest BCUT2D eigenvalue weighted by molar-refractivity contribution is 6.34. The van der Waals surface area contributed by atoms with Crippen LogP contribution in [0.5, 0.6) is 0 Å². The Labute approximate surface area is 86.8 Å². The van der Waals surface area contributed by atoms with Gasteiger partial charge in [-0.3, -0.25) is 20.0 Å². The van der Waals surface area contributed by atoms with Crippen LogP contribution in [0.2, 0.25) is 0 Å². The Balaban J connectivity index is 2.28. The molecule has 1 rings (SSSR count). The summed E-state index contributed by atoms with van der Waals surface area (Å²) in [5.74, 6) is 3.19. The van der Waals surface area contributed by atoms with Gasteiger partial charge in [0.05, 0.1) is 0 Å². The standard InChI is InChI=1S/C9H12N4O2/c10-13-9(15)8(14)12-6-4-7-3-1-2-5-11-7/h1-3,5H,4,6,10H2,(H,12,14)(H,13,15). The Morgan fingerprint density at radius 2 is 2.13 bits per heavy atom. The van der Waals surface area contributed by atoms with E-state index >= 15 is 0 Å². The number of nitrogens with one attached hydrogen (secondary N) is 2. The first-order valence-corrected chi connectivity index (χ1v) is 4.42. The number of aromatic nitrogens is 1. The molecular weight excluding hydrogens is 196 g/mol. The molecule has 0 spiro atoms. The summed E-state index contributed by atoms with van der Waals surface area (Å²) in [6, 6.07) is 5.51. The molecule has 80 valence electrons. The third kappa shape index (κ3) is 3.74. The van der Waals surface area contributed by atoms with Crippen LogP contribution in [0.15, 0.2) is 24.4 Å². The Bertz CT molecular complexity index is 339. The van der Waals surface area contributed by atoms with Crippen LogP contribution in [0.3, 0.4) is 0 Å². The maximum absolute atomic E-state index is 10.9. The van der Waals surface area contributed by atoms with E-state index in [0.29, 0.717) is 13.0 Å². The summed E-state index contributed by atoms with van der Waals surface area (Å²) in [5, 5.41) is 2.41. The Morgan fingerprint density at radius 3 is 2.73 bits per heavy atom. The quantitative estimate of drug-likeness (QED) is 0.250. The molecule has 2 amide bonds. The van der Waals surface area contributed by atoms with E-state index in [0.717, 1.165) is 5.69 Å². The molecule has 0 atom stereocenters. The summed E-state index contributed by atoms with van der Waals surface area (Å²) in [7, 11) is 0. The highest BCUT2D eigenvalue weighted by atomic mass is 16.2. The van der Waals surface area contributed by atoms with Gasteiger partial charge < -0.3 is 5.32 Å². The zero-order chi connectivity index (χ0) is 11.1. The fourth-order valence-corrected chi connectivity index (χ4v) is 0.996.